The van der Waals surface area contributed by atoms with Gasteiger partial charge in [0.2, 0.25) is 5.76 Å². The van der Waals surface area contributed by atoms with E-state index in [0.717, 1.165) is 32.9 Å². The predicted molar refractivity (Wildman–Crippen MR) is 138 cm³/mol. The van der Waals surface area contributed by atoms with Gasteiger partial charge in [0, 0.05) is 43.2 Å². The molecule has 0 radical (unpaired) electrons. The Bertz CT molecular complexity index is 1610. The van der Waals surface area contributed by atoms with E-state index in [1.54, 1.807) is 17.9 Å². The topological polar surface area (TPSA) is 79.5 Å². The maximum Gasteiger partial charge on any atom is 0.292 e. The highest BCUT2D eigenvalue weighted by atomic mass is 16.5. The lowest BCUT2D eigenvalue weighted by atomic mass is 9.98. The summed E-state index contributed by atoms with van der Waals surface area (Å²) < 4.78 is 5.13. The van der Waals surface area contributed by atoms with Gasteiger partial charge in [0.05, 0.1) is 22.5 Å². The van der Waals surface area contributed by atoms with E-state index in [1.165, 1.54) is 0 Å². The number of pyridine rings is 1. The first-order valence-corrected chi connectivity index (χ1v) is 12.0. The number of carbonyl (C=O) groups is 2. The van der Waals surface area contributed by atoms with Crippen LogP contribution in [0.3, 0.4) is 0 Å². The molecule has 5 aromatic rings. The number of aryl methyl sites for hydroxylation is 1. The summed E-state index contributed by atoms with van der Waals surface area (Å²) in [5.41, 5.74) is 3.82. The maximum atomic E-state index is 13.8. The fourth-order valence-electron chi connectivity index (χ4n) is 4.84. The van der Waals surface area contributed by atoms with Crippen molar-refractivity contribution >= 4 is 33.5 Å². The van der Waals surface area contributed by atoms with E-state index in [9.17, 15) is 9.59 Å². The summed E-state index contributed by atoms with van der Waals surface area (Å²) >= 11 is 0. The maximum absolute atomic E-state index is 13.8. The number of hydrogen-bond donors (Lipinski definition) is 0. The predicted octanol–water partition coefficient (Wildman–Crippen LogP) is 4.95. The van der Waals surface area contributed by atoms with Crippen molar-refractivity contribution in [2.75, 3.05) is 26.2 Å². The van der Waals surface area contributed by atoms with Crippen molar-refractivity contribution in [2.45, 2.75) is 6.92 Å². The average Bonchev–Trinajstić information content (AvgIpc) is 3.37. The van der Waals surface area contributed by atoms with Crippen LogP contribution < -0.4 is 0 Å². The molecule has 0 unspecified atom stereocenters. The largest absolute Gasteiger partial charge is 0.351 e. The van der Waals surface area contributed by atoms with Crippen LogP contribution in [0.1, 0.15) is 26.6 Å². The first-order chi connectivity index (χ1) is 17.6. The molecule has 3 aromatic carbocycles. The molecular formula is C29H24N4O3. The molecule has 0 atom stereocenters. The molecule has 0 saturated carbocycles. The van der Waals surface area contributed by atoms with E-state index in [0.29, 0.717) is 37.4 Å². The van der Waals surface area contributed by atoms with Gasteiger partial charge in [-0.25, -0.2) is 4.98 Å². The molecule has 0 aliphatic carbocycles. The highest BCUT2D eigenvalue weighted by Crippen LogP contribution is 2.31. The zero-order valence-electron chi connectivity index (χ0n) is 19.8. The second kappa shape index (κ2) is 8.92. The Labute approximate surface area is 207 Å². The summed E-state index contributed by atoms with van der Waals surface area (Å²) in [6.07, 6.45) is 0. The molecule has 0 N–H and O–H groups in total. The van der Waals surface area contributed by atoms with Gasteiger partial charge in [0.1, 0.15) is 0 Å². The lowest BCUT2D eigenvalue weighted by Gasteiger charge is -2.34. The van der Waals surface area contributed by atoms with Crippen LogP contribution >= 0.6 is 0 Å². The summed E-state index contributed by atoms with van der Waals surface area (Å²) in [4.78, 5) is 34.9. The van der Waals surface area contributed by atoms with Gasteiger partial charge in [-0.15, -0.1) is 0 Å². The molecule has 7 nitrogen and oxygen atoms in total. The van der Waals surface area contributed by atoms with Crippen LogP contribution in [0.25, 0.3) is 32.9 Å². The van der Waals surface area contributed by atoms with Gasteiger partial charge in [0.15, 0.2) is 0 Å². The van der Waals surface area contributed by atoms with Gasteiger partial charge in [0.25, 0.3) is 11.8 Å². The van der Waals surface area contributed by atoms with Crippen LogP contribution in [0, 0.1) is 6.92 Å². The second-order valence-electron chi connectivity index (χ2n) is 9.02. The van der Waals surface area contributed by atoms with Crippen LogP contribution in [0.15, 0.2) is 83.4 Å². The van der Waals surface area contributed by atoms with Crippen molar-refractivity contribution in [1.82, 2.24) is 19.9 Å². The number of para-hydroxylation sites is 1. The number of hydrogen-bond acceptors (Lipinski definition) is 5. The molecule has 2 amide bonds. The summed E-state index contributed by atoms with van der Waals surface area (Å²) in [7, 11) is 0. The van der Waals surface area contributed by atoms with Crippen molar-refractivity contribution in [3.8, 4) is 11.3 Å². The Hall–Kier alpha value is -4.52. The molecule has 1 aliphatic rings. The molecule has 0 bridgehead atoms. The summed E-state index contributed by atoms with van der Waals surface area (Å²) in [5, 5.41) is 6.84. The minimum Gasteiger partial charge on any atom is -0.351 e. The Morgan fingerprint density at radius 2 is 1.44 bits per heavy atom. The normalized spacial score (nSPS) is 13.9. The van der Waals surface area contributed by atoms with Crippen LogP contribution in [-0.2, 0) is 0 Å². The quantitative estimate of drug-likeness (QED) is 0.368. The van der Waals surface area contributed by atoms with E-state index in [2.05, 4.69) is 23.4 Å². The summed E-state index contributed by atoms with van der Waals surface area (Å²) in [5.74, 6) is -0.0277. The van der Waals surface area contributed by atoms with Crippen molar-refractivity contribution in [1.29, 1.82) is 0 Å². The van der Waals surface area contributed by atoms with E-state index >= 15 is 0 Å². The molecule has 7 heteroatoms. The smallest absolute Gasteiger partial charge is 0.292 e. The van der Waals surface area contributed by atoms with E-state index in [4.69, 9.17) is 9.51 Å². The fraction of sp³-hybridized carbons (Fsp3) is 0.172. The second-order valence-corrected chi connectivity index (χ2v) is 9.02. The summed E-state index contributed by atoms with van der Waals surface area (Å²) in [6, 6.07) is 25.6. The van der Waals surface area contributed by atoms with Gasteiger partial charge in [-0.05, 0) is 29.8 Å². The highest BCUT2D eigenvalue weighted by Gasteiger charge is 2.28. The van der Waals surface area contributed by atoms with Gasteiger partial charge in [-0.1, -0.05) is 65.8 Å². The molecule has 3 heterocycles. The van der Waals surface area contributed by atoms with Crippen LogP contribution in [-0.4, -0.2) is 57.9 Å². The zero-order chi connectivity index (χ0) is 24.6. The van der Waals surface area contributed by atoms with Gasteiger partial charge >= 0.3 is 0 Å². The van der Waals surface area contributed by atoms with Gasteiger partial charge < -0.3 is 14.3 Å². The minimum atomic E-state index is -0.199. The number of piperazine rings is 1. The lowest BCUT2D eigenvalue weighted by molar-refractivity contribution is 0.0513. The number of fused-ring (bicyclic) bond motifs is 2. The monoisotopic (exact) mass is 476 g/mol. The third-order valence-corrected chi connectivity index (χ3v) is 6.71. The molecule has 36 heavy (non-hydrogen) atoms. The number of carbonyl (C=O) groups excluding carboxylic acids is 2. The first kappa shape index (κ1) is 22.0. The van der Waals surface area contributed by atoms with Crippen molar-refractivity contribution < 1.29 is 14.1 Å². The number of rotatable bonds is 3. The molecule has 178 valence electrons. The Morgan fingerprint density at radius 1 is 0.778 bits per heavy atom. The molecule has 6 rings (SSSR count). The molecule has 1 fully saturated rings. The van der Waals surface area contributed by atoms with Crippen molar-refractivity contribution in [3.63, 3.8) is 0 Å². The van der Waals surface area contributed by atoms with Crippen molar-refractivity contribution in [3.05, 3.63) is 95.9 Å². The Balaban J connectivity index is 1.32. The Morgan fingerprint density at radius 3 is 2.19 bits per heavy atom. The molecule has 1 saturated heterocycles. The highest BCUT2D eigenvalue weighted by molar-refractivity contribution is 6.08. The van der Waals surface area contributed by atoms with Crippen molar-refractivity contribution in [2.24, 2.45) is 0 Å². The molecular weight excluding hydrogens is 452 g/mol. The standard InChI is InChI=1S/C29H24N4O3/c1-19-17-27(36-31-19)29(35)33-15-13-32(14-16-33)28(34)24-18-26(30-25-12-5-4-10-23(24)25)22-11-6-8-20-7-2-3-9-21(20)22/h2-12,17-18H,13-16H2,1H3. The van der Waals surface area contributed by atoms with E-state index in [1.807, 2.05) is 59.5 Å². The number of benzene rings is 3. The van der Waals surface area contributed by atoms with Gasteiger partial charge in [-0.3, -0.25) is 9.59 Å². The number of aromatic nitrogens is 2. The molecule has 1 aliphatic heterocycles. The first-order valence-electron chi connectivity index (χ1n) is 12.0. The minimum absolute atomic E-state index is 0.0577. The number of amides is 2. The van der Waals surface area contributed by atoms with E-state index in [-0.39, 0.29) is 17.6 Å². The molecule has 0 spiro atoms. The van der Waals surface area contributed by atoms with Crippen LogP contribution in [0.4, 0.5) is 0 Å². The average molecular weight is 477 g/mol. The SMILES string of the molecule is Cc1cc(C(=O)N2CCN(C(=O)c3cc(-c4cccc5ccccc45)nc4ccccc34)CC2)on1. The zero-order valence-corrected chi connectivity index (χ0v) is 19.8. The lowest BCUT2D eigenvalue weighted by Crippen LogP contribution is -2.50. The van der Waals surface area contributed by atoms with E-state index < -0.39 is 0 Å². The summed E-state index contributed by atoms with van der Waals surface area (Å²) in [6.45, 7) is 3.53. The molecule has 2 aromatic heterocycles. The third kappa shape index (κ3) is 3.88. The fourth-order valence-corrected chi connectivity index (χ4v) is 4.84. The van der Waals surface area contributed by atoms with Crippen LogP contribution in [0.5, 0.6) is 0 Å². The van der Waals surface area contributed by atoms with Gasteiger partial charge in [-0.2, -0.15) is 0 Å². The number of nitrogens with zero attached hydrogens (tertiary/aromatic N) is 4. The van der Waals surface area contributed by atoms with Crippen LogP contribution in [0.2, 0.25) is 0 Å². The third-order valence-electron chi connectivity index (χ3n) is 6.71. The Kier molecular flexibility index (Phi) is 5.45.